The average Bonchev–Trinajstić information content (AvgIpc) is 3.17. The summed E-state index contributed by atoms with van der Waals surface area (Å²) in [5.74, 6) is 0.411. The zero-order valence-electron chi connectivity index (χ0n) is 17.2. The Morgan fingerprint density at radius 3 is 2.32 bits per heavy atom. The summed E-state index contributed by atoms with van der Waals surface area (Å²) in [6, 6.07) is 15.2. The van der Waals surface area contributed by atoms with Gasteiger partial charge in [0.15, 0.2) is 0 Å². The number of hydrogen-bond acceptors (Lipinski definition) is 0. The van der Waals surface area contributed by atoms with Crippen LogP contribution in [0.15, 0.2) is 54.1 Å². The van der Waals surface area contributed by atoms with Gasteiger partial charge in [0.05, 0.1) is 0 Å². The van der Waals surface area contributed by atoms with Gasteiger partial charge in [-0.05, 0) is 23.3 Å². The number of fused-ring (bicyclic) bond motifs is 3. The van der Waals surface area contributed by atoms with Gasteiger partial charge in [-0.2, -0.15) is 22.9 Å². The second-order valence-corrected chi connectivity index (χ2v) is 11.7. The molecule has 2 aromatic carbocycles. The monoisotopic (exact) mass is 503 g/mol. The molecule has 0 saturated heterocycles. The van der Waals surface area contributed by atoms with Gasteiger partial charge in [0.1, 0.15) is 0 Å². The molecule has 1 unspecified atom stereocenters. The van der Waals surface area contributed by atoms with Crippen molar-refractivity contribution in [1.29, 1.82) is 0 Å². The summed E-state index contributed by atoms with van der Waals surface area (Å²) in [7, 11) is -0.938. The van der Waals surface area contributed by atoms with Gasteiger partial charge in [0, 0.05) is 8.80 Å². The van der Waals surface area contributed by atoms with E-state index in [1.165, 1.54) is 38.6 Å². The molecule has 2 aliphatic carbocycles. The first-order valence-electron chi connectivity index (χ1n) is 9.42. The summed E-state index contributed by atoms with van der Waals surface area (Å²) in [5, 5.41) is 1.52. The summed E-state index contributed by atoms with van der Waals surface area (Å²) < 4.78 is 0. The Hall–Kier alpha value is -0.400. The van der Waals surface area contributed by atoms with Gasteiger partial charge in [-0.3, -0.25) is 0 Å². The smallest absolute Gasteiger partial charge is 1.00 e. The molecule has 2 aromatic rings. The number of hydrogen-bond donors (Lipinski definition) is 0. The molecule has 1 radical (unpaired) electrons. The van der Waals surface area contributed by atoms with E-state index in [-0.39, 0.29) is 56.4 Å². The SMILES string of the molecule is C[SiH](C)c1[c-]c2c(cc1C1C=CC(C(C)(C)C)=C1)-c1ccccc1C2.[Cl-].[Cl-].[Zr+3]. The third kappa shape index (κ3) is 4.67. The fourth-order valence-electron chi connectivity index (χ4n) is 4.09. The molecule has 0 nitrogen and oxygen atoms in total. The van der Waals surface area contributed by atoms with Crippen molar-refractivity contribution in [2.45, 2.75) is 46.2 Å². The first-order chi connectivity index (χ1) is 11.8. The van der Waals surface area contributed by atoms with E-state index >= 15 is 0 Å². The standard InChI is InChI=1S/C24H27Si.2ClH.Zr/c1-24(2,3)19-11-10-17(13-19)22-15-21-18(14-23(22)25(4)5)12-16-8-6-7-9-20(16)21;;;/h6-11,13,15,17,25H,12H2,1-5H3;2*1H;/q-1;;;+3/p-2. The van der Waals surface area contributed by atoms with Crippen LogP contribution in [0.1, 0.15) is 43.4 Å². The molecule has 0 aliphatic heterocycles. The minimum Gasteiger partial charge on any atom is -1.00 e. The maximum absolute atomic E-state index is 3.87. The van der Waals surface area contributed by atoms with Crippen molar-refractivity contribution in [3.8, 4) is 11.1 Å². The van der Waals surface area contributed by atoms with Crippen molar-refractivity contribution < 1.29 is 51.0 Å². The van der Waals surface area contributed by atoms with E-state index in [9.17, 15) is 0 Å². The van der Waals surface area contributed by atoms with Gasteiger partial charge in [-0.25, -0.2) is 0 Å². The second-order valence-electron chi connectivity index (χ2n) is 8.78. The first kappa shape index (κ1) is 25.6. The average molecular weight is 506 g/mol. The molecule has 1 atom stereocenters. The molecule has 0 amide bonds. The van der Waals surface area contributed by atoms with Crippen LogP contribution < -0.4 is 30.0 Å². The normalized spacial score (nSPS) is 16.5. The third-order valence-corrected chi connectivity index (χ3v) is 7.17. The molecule has 0 fully saturated rings. The Morgan fingerprint density at radius 2 is 1.71 bits per heavy atom. The number of benzene rings is 2. The van der Waals surface area contributed by atoms with E-state index < -0.39 is 8.80 Å². The van der Waals surface area contributed by atoms with Crippen LogP contribution in [0.5, 0.6) is 0 Å². The summed E-state index contributed by atoms with van der Waals surface area (Å²) in [6.07, 6.45) is 8.23. The van der Waals surface area contributed by atoms with E-state index in [4.69, 9.17) is 0 Å². The predicted molar refractivity (Wildman–Crippen MR) is 111 cm³/mol. The van der Waals surface area contributed by atoms with Crippen molar-refractivity contribution in [2.24, 2.45) is 5.41 Å². The van der Waals surface area contributed by atoms with Crippen molar-refractivity contribution in [1.82, 2.24) is 0 Å². The van der Waals surface area contributed by atoms with Crippen molar-refractivity contribution >= 4 is 14.0 Å². The minimum absolute atomic E-state index is 0. The minimum atomic E-state index is -0.938. The largest absolute Gasteiger partial charge is 3.00 e. The Morgan fingerprint density at radius 1 is 1.04 bits per heavy atom. The molecule has 4 heteroatoms. The van der Waals surface area contributed by atoms with E-state index in [2.05, 4.69) is 88.5 Å². The molecule has 0 aromatic heterocycles. The fourth-order valence-corrected chi connectivity index (χ4v) is 5.49. The second kappa shape index (κ2) is 9.61. The number of halogens is 2. The summed E-state index contributed by atoms with van der Waals surface area (Å²) in [5.41, 5.74) is 8.85. The Balaban J connectivity index is 0.00000131. The first-order valence-corrected chi connectivity index (χ1v) is 12.3. The number of allylic oxidation sites excluding steroid dienone is 4. The molecule has 0 heterocycles. The van der Waals surface area contributed by atoms with Crippen LogP contribution in [-0.2, 0) is 32.6 Å². The zero-order chi connectivity index (χ0) is 17.8. The van der Waals surface area contributed by atoms with E-state index in [1.54, 1.807) is 0 Å². The van der Waals surface area contributed by atoms with Gasteiger partial charge in [0.25, 0.3) is 0 Å². The van der Waals surface area contributed by atoms with Crippen LogP contribution in [0.2, 0.25) is 13.1 Å². The summed E-state index contributed by atoms with van der Waals surface area (Å²) >= 11 is 0. The maximum atomic E-state index is 3.87. The molecule has 2 aliphatic rings. The molecular weight excluding hydrogens is 478 g/mol. The van der Waals surface area contributed by atoms with Crippen LogP contribution in [0.25, 0.3) is 11.1 Å². The quantitative estimate of drug-likeness (QED) is 0.322. The Kier molecular flexibility index (Phi) is 8.80. The summed E-state index contributed by atoms with van der Waals surface area (Å²) in [4.78, 5) is 0. The Labute approximate surface area is 203 Å². The van der Waals surface area contributed by atoms with Crippen molar-refractivity contribution in [2.75, 3.05) is 0 Å². The number of rotatable bonds is 2. The van der Waals surface area contributed by atoms with E-state index in [1.807, 2.05) is 0 Å². The van der Waals surface area contributed by atoms with Crippen LogP contribution in [0.3, 0.4) is 0 Å². The molecule has 145 valence electrons. The van der Waals surface area contributed by atoms with E-state index in [0.29, 0.717) is 5.92 Å². The van der Waals surface area contributed by atoms with Gasteiger partial charge in [0.2, 0.25) is 0 Å². The molecule has 4 rings (SSSR count). The van der Waals surface area contributed by atoms with Crippen LogP contribution >= 0.6 is 0 Å². The van der Waals surface area contributed by atoms with Crippen LogP contribution in [0, 0.1) is 11.5 Å². The molecule has 0 N–H and O–H groups in total. The van der Waals surface area contributed by atoms with Gasteiger partial charge in [-0.15, -0.1) is 11.1 Å². The molecule has 0 saturated carbocycles. The van der Waals surface area contributed by atoms with Gasteiger partial charge in [-0.1, -0.05) is 87.5 Å². The molecule has 28 heavy (non-hydrogen) atoms. The fraction of sp³-hybridized carbons (Fsp3) is 0.333. The zero-order valence-corrected chi connectivity index (χ0v) is 22.4. The molecule has 0 spiro atoms. The molecular formula is C24H27Cl2SiZr. The van der Waals surface area contributed by atoms with E-state index in [0.717, 1.165) is 6.42 Å². The summed E-state index contributed by atoms with van der Waals surface area (Å²) in [6.45, 7) is 11.8. The maximum Gasteiger partial charge on any atom is 3.00 e. The van der Waals surface area contributed by atoms with Crippen LogP contribution in [0.4, 0.5) is 0 Å². The van der Waals surface area contributed by atoms with Crippen LogP contribution in [-0.4, -0.2) is 8.80 Å². The topological polar surface area (TPSA) is 0 Å². The van der Waals surface area contributed by atoms with Gasteiger partial charge < -0.3 is 24.8 Å². The molecule has 0 bridgehead atoms. The predicted octanol–water partition coefficient (Wildman–Crippen LogP) is -0.617. The van der Waals surface area contributed by atoms with Crippen molar-refractivity contribution in [3.05, 3.63) is 76.9 Å². The van der Waals surface area contributed by atoms with Gasteiger partial charge >= 0.3 is 26.2 Å². The third-order valence-electron chi connectivity index (χ3n) is 5.54. The van der Waals surface area contributed by atoms with Crippen molar-refractivity contribution in [3.63, 3.8) is 0 Å². The Bertz CT molecular complexity index is 907.